The number of carboxylic acids is 1. The first-order valence-corrected chi connectivity index (χ1v) is 5.82. The summed E-state index contributed by atoms with van der Waals surface area (Å²) in [4.78, 5) is 22.9. The molecule has 1 atom stereocenters. The van der Waals surface area contributed by atoms with Crippen LogP contribution in [0.3, 0.4) is 0 Å². The Hall–Kier alpha value is -2.18. The Balaban J connectivity index is 2.56. The van der Waals surface area contributed by atoms with E-state index in [0.717, 1.165) is 6.07 Å². The van der Waals surface area contributed by atoms with E-state index in [1.54, 1.807) is 0 Å². The number of nitrogens with zero attached hydrogens (tertiary/aromatic N) is 2. The molecule has 0 saturated carbocycles. The van der Waals surface area contributed by atoms with Gasteiger partial charge in [0.1, 0.15) is 11.2 Å². The van der Waals surface area contributed by atoms with Crippen LogP contribution in [-0.4, -0.2) is 28.1 Å². The van der Waals surface area contributed by atoms with Gasteiger partial charge in [0, 0.05) is 6.54 Å². The molecule has 1 N–H and O–H groups in total. The van der Waals surface area contributed by atoms with E-state index < -0.39 is 27.9 Å². The SMILES string of the molecule is CC1(C(=O)O)CCCN1c1cccc(F)c1[N+](=O)[O-]. The standard InChI is InChI=1S/C12H13FN2O4/c1-12(11(16)17)6-3-7-14(12)9-5-2-4-8(13)10(9)15(18)19/h2,4-5H,3,6-7H2,1H3,(H,16,17). The first-order valence-electron chi connectivity index (χ1n) is 5.82. The van der Waals surface area contributed by atoms with E-state index in [2.05, 4.69) is 0 Å². The molecule has 0 aliphatic carbocycles. The van der Waals surface area contributed by atoms with Crippen LogP contribution < -0.4 is 4.90 Å². The molecule has 1 saturated heterocycles. The predicted octanol–water partition coefficient (Wildman–Crippen LogP) is 2.18. The molecule has 0 amide bonds. The summed E-state index contributed by atoms with van der Waals surface area (Å²) in [5.41, 5.74) is -1.89. The van der Waals surface area contributed by atoms with Gasteiger partial charge in [0.05, 0.1) is 4.92 Å². The molecular formula is C12H13FN2O4. The van der Waals surface area contributed by atoms with Gasteiger partial charge in [-0.2, -0.15) is 4.39 Å². The van der Waals surface area contributed by atoms with Crippen molar-refractivity contribution < 1.29 is 19.2 Å². The number of nitro groups is 1. The lowest BCUT2D eigenvalue weighted by Gasteiger charge is -2.32. The molecule has 7 heteroatoms. The normalized spacial score (nSPS) is 22.5. The summed E-state index contributed by atoms with van der Waals surface area (Å²) in [5, 5.41) is 20.3. The molecule has 1 aliphatic rings. The number of nitro benzene ring substituents is 1. The number of rotatable bonds is 3. The summed E-state index contributed by atoms with van der Waals surface area (Å²) in [6.45, 7) is 1.85. The molecule has 0 radical (unpaired) electrons. The zero-order valence-electron chi connectivity index (χ0n) is 10.3. The smallest absolute Gasteiger partial charge is 0.329 e. The average molecular weight is 268 g/mol. The number of benzene rings is 1. The maximum atomic E-state index is 13.6. The summed E-state index contributed by atoms with van der Waals surface area (Å²) in [6.07, 6.45) is 0.965. The Morgan fingerprint density at radius 1 is 1.58 bits per heavy atom. The number of anilines is 1. The highest BCUT2D eigenvalue weighted by molar-refractivity contribution is 5.85. The van der Waals surface area contributed by atoms with E-state index in [-0.39, 0.29) is 5.69 Å². The molecule has 102 valence electrons. The van der Waals surface area contributed by atoms with Crippen molar-refractivity contribution in [3.05, 3.63) is 34.1 Å². The molecule has 2 rings (SSSR count). The van der Waals surface area contributed by atoms with Crippen LogP contribution in [0.2, 0.25) is 0 Å². The molecule has 1 fully saturated rings. The van der Waals surface area contributed by atoms with Gasteiger partial charge in [0.25, 0.3) is 0 Å². The lowest BCUT2D eigenvalue weighted by atomic mass is 9.98. The highest BCUT2D eigenvalue weighted by Crippen LogP contribution is 2.40. The Bertz CT molecular complexity index is 549. The minimum Gasteiger partial charge on any atom is -0.480 e. The number of hydrogen-bond donors (Lipinski definition) is 1. The molecule has 1 aromatic rings. The molecule has 0 bridgehead atoms. The Morgan fingerprint density at radius 2 is 2.26 bits per heavy atom. The van der Waals surface area contributed by atoms with Crippen LogP contribution in [0.4, 0.5) is 15.8 Å². The Kier molecular flexibility index (Phi) is 3.13. The van der Waals surface area contributed by atoms with Crippen LogP contribution >= 0.6 is 0 Å². The monoisotopic (exact) mass is 268 g/mol. The molecular weight excluding hydrogens is 255 g/mol. The first kappa shape index (κ1) is 13.3. The van der Waals surface area contributed by atoms with Gasteiger partial charge in [-0.25, -0.2) is 4.79 Å². The number of carboxylic acid groups (broad SMARTS) is 1. The highest BCUT2D eigenvalue weighted by atomic mass is 19.1. The van der Waals surface area contributed by atoms with Crippen molar-refractivity contribution in [3.8, 4) is 0 Å². The summed E-state index contributed by atoms with van der Waals surface area (Å²) in [5.74, 6) is -2.02. The minimum absolute atomic E-state index is 0.0207. The quantitative estimate of drug-likeness (QED) is 0.671. The van der Waals surface area contributed by atoms with Gasteiger partial charge in [0.15, 0.2) is 0 Å². The molecule has 0 aromatic heterocycles. The second-order valence-electron chi connectivity index (χ2n) is 4.70. The van der Waals surface area contributed by atoms with E-state index in [0.29, 0.717) is 19.4 Å². The maximum absolute atomic E-state index is 13.6. The summed E-state index contributed by atoms with van der Waals surface area (Å²) in [7, 11) is 0. The third-order valence-electron chi connectivity index (χ3n) is 3.54. The largest absolute Gasteiger partial charge is 0.480 e. The summed E-state index contributed by atoms with van der Waals surface area (Å²) < 4.78 is 13.6. The highest BCUT2D eigenvalue weighted by Gasteiger charge is 2.45. The van der Waals surface area contributed by atoms with E-state index in [4.69, 9.17) is 0 Å². The fourth-order valence-corrected chi connectivity index (χ4v) is 2.47. The molecule has 0 spiro atoms. The summed E-state index contributed by atoms with van der Waals surface area (Å²) in [6, 6.07) is 3.72. The predicted molar refractivity (Wildman–Crippen MR) is 65.7 cm³/mol. The van der Waals surface area contributed by atoms with Crippen LogP contribution in [0.15, 0.2) is 18.2 Å². The van der Waals surface area contributed by atoms with Crippen LogP contribution in [0, 0.1) is 15.9 Å². The van der Waals surface area contributed by atoms with Gasteiger partial charge in [-0.05, 0) is 31.9 Å². The Morgan fingerprint density at radius 3 is 2.84 bits per heavy atom. The van der Waals surface area contributed by atoms with Crippen molar-refractivity contribution in [3.63, 3.8) is 0 Å². The molecule has 1 heterocycles. The molecule has 6 nitrogen and oxygen atoms in total. The fourth-order valence-electron chi connectivity index (χ4n) is 2.47. The van der Waals surface area contributed by atoms with E-state index >= 15 is 0 Å². The van der Waals surface area contributed by atoms with Gasteiger partial charge in [-0.3, -0.25) is 10.1 Å². The van der Waals surface area contributed by atoms with Gasteiger partial charge < -0.3 is 10.0 Å². The van der Waals surface area contributed by atoms with E-state index in [1.807, 2.05) is 0 Å². The molecule has 19 heavy (non-hydrogen) atoms. The van der Waals surface area contributed by atoms with Crippen LogP contribution in [0.1, 0.15) is 19.8 Å². The van der Waals surface area contributed by atoms with Crippen molar-refractivity contribution in [2.24, 2.45) is 0 Å². The number of carbonyl (C=O) groups is 1. The lowest BCUT2D eigenvalue weighted by Crippen LogP contribution is -2.48. The lowest BCUT2D eigenvalue weighted by molar-refractivity contribution is -0.386. The van der Waals surface area contributed by atoms with Gasteiger partial charge >= 0.3 is 11.7 Å². The topological polar surface area (TPSA) is 83.7 Å². The van der Waals surface area contributed by atoms with Crippen LogP contribution in [0.25, 0.3) is 0 Å². The zero-order valence-corrected chi connectivity index (χ0v) is 10.3. The van der Waals surface area contributed by atoms with E-state index in [1.165, 1.54) is 24.0 Å². The zero-order chi connectivity index (χ0) is 14.2. The molecule has 1 aromatic carbocycles. The third-order valence-corrected chi connectivity index (χ3v) is 3.54. The fraction of sp³-hybridized carbons (Fsp3) is 0.417. The first-order chi connectivity index (χ1) is 8.88. The number of para-hydroxylation sites is 1. The molecule has 1 unspecified atom stereocenters. The van der Waals surface area contributed by atoms with Crippen molar-refractivity contribution in [1.82, 2.24) is 0 Å². The van der Waals surface area contributed by atoms with E-state index in [9.17, 15) is 24.4 Å². The number of halogens is 1. The maximum Gasteiger partial charge on any atom is 0.329 e. The second-order valence-corrected chi connectivity index (χ2v) is 4.70. The average Bonchev–Trinajstić information content (AvgIpc) is 2.71. The minimum atomic E-state index is -1.24. The Labute approximate surface area is 108 Å². The second kappa shape index (κ2) is 4.49. The van der Waals surface area contributed by atoms with Gasteiger partial charge in [-0.1, -0.05) is 6.07 Å². The van der Waals surface area contributed by atoms with Crippen molar-refractivity contribution in [2.45, 2.75) is 25.3 Å². The van der Waals surface area contributed by atoms with Crippen molar-refractivity contribution >= 4 is 17.3 Å². The third kappa shape index (κ3) is 2.00. The van der Waals surface area contributed by atoms with Crippen molar-refractivity contribution in [1.29, 1.82) is 0 Å². The van der Waals surface area contributed by atoms with Crippen LogP contribution in [0.5, 0.6) is 0 Å². The van der Waals surface area contributed by atoms with Crippen LogP contribution in [-0.2, 0) is 4.79 Å². The molecule has 1 aliphatic heterocycles. The van der Waals surface area contributed by atoms with Gasteiger partial charge in [0.2, 0.25) is 5.82 Å². The summed E-state index contributed by atoms with van der Waals surface area (Å²) >= 11 is 0. The number of hydrogen-bond acceptors (Lipinski definition) is 4. The number of aliphatic carboxylic acids is 1. The van der Waals surface area contributed by atoms with Gasteiger partial charge in [-0.15, -0.1) is 0 Å². The van der Waals surface area contributed by atoms with Crippen molar-refractivity contribution in [2.75, 3.05) is 11.4 Å².